The Morgan fingerprint density at radius 1 is 1.00 bits per heavy atom. The lowest BCUT2D eigenvalue weighted by molar-refractivity contribution is -0.274. The van der Waals surface area contributed by atoms with Gasteiger partial charge in [-0.1, -0.05) is 6.42 Å². The van der Waals surface area contributed by atoms with Crippen LogP contribution in [0.15, 0.2) is 42.5 Å². The highest BCUT2D eigenvalue weighted by molar-refractivity contribution is 5.95. The molecule has 12 heteroatoms. The normalized spacial score (nSPS) is 16.1. The van der Waals surface area contributed by atoms with Crippen molar-refractivity contribution in [2.24, 2.45) is 5.92 Å². The van der Waals surface area contributed by atoms with Crippen molar-refractivity contribution in [3.05, 3.63) is 48.2 Å². The van der Waals surface area contributed by atoms with Crippen molar-refractivity contribution < 1.29 is 32.2 Å². The van der Waals surface area contributed by atoms with Crippen LogP contribution in [0.4, 0.5) is 24.8 Å². The van der Waals surface area contributed by atoms with Gasteiger partial charge in [0, 0.05) is 43.2 Å². The summed E-state index contributed by atoms with van der Waals surface area (Å²) in [7, 11) is 0. The van der Waals surface area contributed by atoms with E-state index in [0.29, 0.717) is 37.8 Å². The van der Waals surface area contributed by atoms with Crippen LogP contribution >= 0.6 is 0 Å². The van der Waals surface area contributed by atoms with E-state index in [1.165, 1.54) is 12.1 Å². The summed E-state index contributed by atoms with van der Waals surface area (Å²) in [6.07, 6.45) is -1.64. The van der Waals surface area contributed by atoms with Crippen molar-refractivity contribution in [3.63, 3.8) is 0 Å². The first-order valence-electron chi connectivity index (χ1n) is 12.8. The summed E-state index contributed by atoms with van der Waals surface area (Å²) in [4.78, 5) is 38.3. The second kappa shape index (κ2) is 11.0. The molecule has 0 radical (unpaired) electrons. The molecule has 0 unspecified atom stereocenters. The third kappa shape index (κ3) is 6.50. The van der Waals surface area contributed by atoms with Gasteiger partial charge in [0.1, 0.15) is 11.5 Å². The zero-order valence-electron chi connectivity index (χ0n) is 21.3. The van der Waals surface area contributed by atoms with E-state index in [1.807, 2.05) is 11.8 Å². The van der Waals surface area contributed by atoms with Crippen LogP contribution in [0.2, 0.25) is 0 Å². The summed E-state index contributed by atoms with van der Waals surface area (Å²) >= 11 is 0. The minimum absolute atomic E-state index is 0.199. The number of amides is 2. The Morgan fingerprint density at radius 3 is 2.33 bits per heavy atom. The fraction of sp³-hybridized carbons (Fsp3) is 0.407. The summed E-state index contributed by atoms with van der Waals surface area (Å²) in [5, 5.41) is 3.53. The number of aromatic nitrogens is 2. The maximum atomic E-state index is 12.5. The Bertz CT molecular complexity index is 1350. The number of fused-ring (bicyclic) bond motifs is 1. The second-order valence-electron chi connectivity index (χ2n) is 9.64. The fourth-order valence-electron chi connectivity index (χ4n) is 4.61. The number of nitrogens with zero attached hydrogens (tertiary/aromatic N) is 4. The first kappa shape index (κ1) is 26.5. The minimum Gasteiger partial charge on any atom is -0.484 e. The van der Waals surface area contributed by atoms with Gasteiger partial charge in [-0.15, -0.1) is 13.2 Å². The van der Waals surface area contributed by atoms with Gasteiger partial charge in [-0.2, -0.15) is 0 Å². The number of nitrogens with one attached hydrogen (secondary N) is 1. The highest BCUT2D eigenvalue weighted by Gasteiger charge is 2.32. The predicted octanol–water partition coefficient (Wildman–Crippen LogP) is 4.30. The topological polar surface area (TPSA) is 96.9 Å². The van der Waals surface area contributed by atoms with Crippen LogP contribution in [0.1, 0.15) is 25.0 Å². The number of carbonyl (C=O) groups excluding carboxylic acids is 2. The SMILES string of the molecule is Cc1nc(N2CCN(C(=O)C3CCC3)CC2)nc2ccc(NC(=O)COc3ccc(OC(F)(F)F)cc3)cc12. The van der Waals surface area contributed by atoms with Crippen molar-refractivity contribution in [1.82, 2.24) is 14.9 Å². The van der Waals surface area contributed by atoms with Gasteiger partial charge in [0.2, 0.25) is 11.9 Å². The Morgan fingerprint density at radius 2 is 1.69 bits per heavy atom. The Hall–Kier alpha value is -4.09. The molecule has 1 saturated heterocycles. The van der Waals surface area contributed by atoms with Crippen LogP contribution in [-0.2, 0) is 9.59 Å². The molecule has 2 fully saturated rings. The smallest absolute Gasteiger partial charge is 0.484 e. The molecule has 0 bridgehead atoms. The van der Waals surface area contributed by atoms with Gasteiger partial charge in [-0.05, 0) is 62.2 Å². The highest BCUT2D eigenvalue weighted by atomic mass is 19.4. The van der Waals surface area contributed by atoms with E-state index in [2.05, 4.69) is 19.9 Å². The zero-order chi connectivity index (χ0) is 27.6. The molecular weight excluding hydrogens is 515 g/mol. The number of carbonyl (C=O) groups is 2. The third-order valence-electron chi connectivity index (χ3n) is 6.91. The monoisotopic (exact) mass is 543 g/mol. The Labute approximate surface area is 222 Å². The number of benzene rings is 2. The number of hydrogen-bond donors (Lipinski definition) is 1. The van der Waals surface area contributed by atoms with E-state index in [-0.39, 0.29) is 29.9 Å². The first-order valence-corrected chi connectivity index (χ1v) is 12.8. The van der Waals surface area contributed by atoms with Crippen molar-refractivity contribution in [2.45, 2.75) is 32.5 Å². The summed E-state index contributed by atoms with van der Waals surface area (Å²) in [5.74, 6) is 0.498. The van der Waals surface area contributed by atoms with Crippen molar-refractivity contribution in [3.8, 4) is 11.5 Å². The summed E-state index contributed by atoms with van der Waals surface area (Å²) < 4.78 is 46.0. The van der Waals surface area contributed by atoms with Gasteiger partial charge in [0.05, 0.1) is 11.2 Å². The number of rotatable bonds is 7. The molecule has 9 nitrogen and oxygen atoms in total. The molecule has 1 aliphatic carbocycles. The lowest BCUT2D eigenvalue weighted by atomic mass is 9.84. The van der Waals surface area contributed by atoms with Crippen LogP contribution in [0.25, 0.3) is 10.9 Å². The van der Waals surface area contributed by atoms with Crippen LogP contribution in [0.3, 0.4) is 0 Å². The molecule has 1 aromatic heterocycles. The van der Waals surface area contributed by atoms with Crippen LogP contribution in [0.5, 0.6) is 11.5 Å². The Kier molecular flexibility index (Phi) is 7.45. The highest BCUT2D eigenvalue weighted by Crippen LogP contribution is 2.29. The van der Waals surface area contributed by atoms with Crippen molar-refractivity contribution >= 4 is 34.4 Å². The summed E-state index contributed by atoms with van der Waals surface area (Å²) in [6, 6.07) is 10.1. The van der Waals surface area contributed by atoms with E-state index < -0.39 is 12.3 Å². The molecule has 39 heavy (non-hydrogen) atoms. The molecule has 0 atom stereocenters. The average molecular weight is 544 g/mol. The van der Waals surface area contributed by atoms with Gasteiger partial charge >= 0.3 is 6.36 Å². The molecule has 0 spiro atoms. The predicted molar refractivity (Wildman–Crippen MR) is 138 cm³/mol. The number of aryl methyl sites for hydroxylation is 1. The van der Waals surface area contributed by atoms with E-state index in [4.69, 9.17) is 9.72 Å². The van der Waals surface area contributed by atoms with E-state index >= 15 is 0 Å². The number of piperazine rings is 1. The number of halogens is 3. The molecule has 1 aliphatic heterocycles. The van der Waals surface area contributed by atoms with Gasteiger partial charge in [-0.3, -0.25) is 9.59 Å². The zero-order valence-corrected chi connectivity index (χ0v) is 21.3. The van der Waals surface area contributed by atoms with E-state index in [0.717, 1.165) is 48.0 Å². The van der Waals surface area contributed by atoms with Crippen LogP contribution < -0.4 is 19.7 Å². The molecule has 2 aliphatic rings. The minimum atomic E-state index is -4.78. The van der Waals surface area contributed by atoms with Crippen molar-refractivity contribution in [2.75, 3.05) is 43.0 Å². The van der Waals surface area contributed by atoms with Gasteiger partial charge in [0.25, 0.3) is 5.91 Å². The number of alkyl halides is 3. The summed E-state index contributed by atoms with van der Waals surface area (Å²) in [6.45, 7) is 4.22. The largest absolute Gasteiger partial charge is 0.573 e. The molecule has 2 heterocycles. The van der Waals surface area contributed by atoms with E-state index in [9.17, 15) is 22.8 Å². The van der Waals surface area contributed by atoms with Gasteiger partial charge in [0.15, 0.2) is 6.61 Å². The van der Waals surface area contributed by atoms with Gasteiger partial charge < -0.3 is 24.6 Å². The van der Waals surface area contributed by atoms with E-state index in [1.54, 1.807) is 18.2 Å². The molecule has 206 valence electrons. The lowest BCUT2D eigenvalue weighted by Gasteiger charge is -2.38. The fourth-order valence-corrected chi connectivity index (χ4v) is 4.61. The van der Waals surface area contributed by atoms with Gasteiger partial charge in [-0.25, -0.2) is 9.97 Å². The molecule has 1 N–H and O–H groups in total. The second-order valence-corrected chi connectivity index (χ2v) is 9.64. The average Bonchev–Trinajstić information content (AvgIpc) is 2.87. The number of hydrogen-bond acceptors (Lipinski definition) is 7. The lowest BCUT2D eigenvalue weighted by Crippen LogP contribution is -2.51. The third-order valence-corrected chi connectivity index (χ3v) is 6.91. The molecule has 5 rings (SSSR count). The molecule has 2 aromatic carbocycles. The molecular formula is C27H28F3N5O4. The standard InChI is InChI=1S/C27H28F3N5O4/c1-17-22-15-19(32-24(36)16-38-20-6-8-21(9-7-20)39-27(28,29)30)5-10-23(22)33-26(31-17)35-13-11-34(12-14-35)25(37)18-3-2-4-18/h5-10,15,18H,2-4,11-14,16H2,1H3,(H,32,36). The molecule has 2 amide bonds. The van der Waals surface area contributed by atoms with Crippen LogP contribution in [0, 0.1) is 12.8 Å². The first-order chi connectivity index (χ1) is 18.6. The summed E-state index contributed by atoms with van der Waals surface area (Å²) in [5.41, 5.74) is 2.03. The number of anilines is 2. The molecule has 3 aromatic rings. The maximum absolute atomic E-state index is 12.5. The van der Waals surface area contributed by atoms with Crippen molar-refractivity contribution in [1.29, 1.82) is 0 Å². The molecule has 1 saturated carbocycles. The number of ether oxygens (including phenoxy) is 2. The van der Waals surface area contributed by atoms with Crippen LogP contribution in [-0.4, -0.2) is 65.8 Å². The Balaban J connectivity index is 1.16. The maximum Gasteiger partial charge on any atom is 0.573 e. The quantitative estimate of drug-likeness (QED) is 0.475.